The molecular weight excluding hydrogens is 328 g/mol. The van der Waals surface area contributed by atoms with Crippen molar-refractivity contribution >= 4 is 15.7 Å². The van der Waals surface area contributed by atoms with Crippen molar-refractivity contribution in [2.75, 3.05) is 48.1 Å². The molecule has 10 heteroatoms. The molecule has 8 nitrogen and oxygen atoms in total. The Morgan fingerprint density at radius 1 is 0.960 bits per heavy atom. The van der Waals surface area contributed by atoms with Gasteiger partial charge < -0.3 is 28.8 Å². The average molecular weight is 355 g/mol. The molecule has 4 radical (unpaired) electrons. The van der Waals surface area contributed by atoms with Crippen LogP contribution in [0.3, 0.4) is 0 Å². The smallest absolute Gasteiger partial charge is 0.112 e. The molecule has 0 aromatic rings. The number of methoxy groups -OCH3 is 3. The highest BCUT2D eigenvalue weighted by Gasteiger charge is 2.44. The summed E-state index contributed by atoms with van der Waals surface area (Å²) in [4.78, 5) is 5.70. The van der Waals surface area contributed by atoms with Gasteiger partial charge in [0.25, 0.3) is 0 Å². The van der Waals surface area contributed by atoms with Gasteiger partial charge in [-0.25, -0.2) is 0 Å². The van der Waals surface area contributed by atoms with E-state index in [1.807, 2.05) is 0 Å². The lowest BCUT2D eigenvalue weighted by molar-refractivity contribution is -0.185. The van der Waals surface area contributed by atoms with E-state index in [1.54, 1.807) is 26.3 Å². The minimum atomic E-state index is -0.843. The van der Waals surface area contributed by atoms with Gasteiger partial charge in [-0.3, -0.25) is 4.84 Å². The predicted octanol–water partition coefficient (Wildman–Crippen LogP) is -1.71. The zero-order chi connectivity index (χ0) is 18.6. The molecule has 1 N–H and O–H groups in total. The van der Waals surface area contributed by atoms with E-state index in [1.165, 1.54) is 7.11 Å². The fourth-order valence-corrected chi connectivity index (χ4v) is 3.42. The van der Waals surface area contributed by atoms with Crippen molar-refractivity contribution < 1.29 is 33.6 Å². The van der Waals surface area contributed by atoms with E-state index in [9.17, 15) is 5.11 Å². The van der Waals surface area contributed by atoms with Crippen LogP contribution in [0.15, 0.2) is 0 Å². The van der Waals surface area contributed by atoms with Crippen molar-refractivity contribution in [1.29, 1.82) is 0 Å². The second-order valence-corrected chi connectivity index (χ2v) is 6.39. The molecule has 0 bridgehead atoms. The Hall–Kier alpha value is -0.190. The van der Waals surface area contributed by atoms with Crippen molar-refractivity contribution in [2.24, 2.45) is 5.92 Å². The lowest BCUT2D eigenvalue weighted by atomic mass is 9.87. The molecule has 25 heavy (non-hydrogen) atoms. The quantitative estimate of drug-likeness (QED) is 0.387. The molecule has 0 aliphatic carbocycles. The Morgan fingerprint density at radius 3 is 2.12 bits per heavy atom. The third-order valence-corrected chi connectivity index (χ3v) is 4.73. The van der Waals surface area contributed by atoms with Crippen molar-refractivity contribution in [3.8, 4) is 0 Å². The van der Waals surface area contributed by atoms with Gasteiger partial charge in [-0.05, 0) is 0 Å². The number of hydrogen-bond acceptors (Lipinski definition) is 8. The van der Waals surface area contributed by atoms with Gasteiger partial charge in [-0.15, -0.1) is 0 Å². The summed E-state index contributed by atoms with van der Waals surface area (Å²) in [5.41, 5.74) is 0. The highest BCUT2D eigenvalue weighted by molar-refractivity contribution is 6.12. The molecule has 2 saturated heterocycles. The van der Waals surface area contributed by atoms with Crippen LogP contribution in [0.2, 0.25) is 0 Å². The Labute approximate surface area is 151 Å². The number of aliphatic hydroxyl groups is 1. The standard InChI is InChI=1S/C15H27B2NO7/c1-18(23-7-10-11(19)13(22-4)15(17)25-10)5-8-9(6-20-2)24-14(16)12(8)21-3/h8-15,19H,5-7H2,1-4H3/t8-,9?,10?,11-,12-,13-,14-,15-/m1/s1. The normalized spacial score (nSPS) is 41.7. The zero-order valence-corrected chi connectivity index (χ0v) is 15.2. The van der Waals surface area contributed by atoms with E-state index in [-0.39, 0.29) is 24.7 Å². The predicted molar refractivity (Wildman–Crippen MR) is 90.4 cm³/mol. The molecule has 0 aromatic heterocycles. The fraction of sp³-hybridized carbons (Fsp3) is 1.00. The number of hydroxylamine groups is 2. The highest BCUT2D eigenvalue weighted by Crippen LogP contribution is 2.29. The maximum Gasteiger partial charge on any atom is 0.112 e. The SMILES string of the molecule is [B][C@@H]1OC(CON(C)C[C@@H]2C(COC)O[C@@H]([B])[C@@H]2OC)[C@@H](O)[C@H]1OC. The van der Waals surface area contributed by atoms with Crippen LogP contribution < -0.4 is 0 Å². The van der Waals surface area contributed by atoms with Crippen molar-refractivity contribution in [2.45, 2.75) is 42.5 Å². The number of aliphatic hydroxyl groups excluding tert-OH is 1. The summed E-state index contributed by atoms with van der Waals surface area (Å²) < 4.78 is 27.0. The minimum Gasteiger partial charge on any atom is -0.388 e. The molecule has 8 atom stereocenters. The monoisotopic (exact) mass is 355 g/mol. The lowest BCUT2D eigenvalue weighted by Crippen LogP contribution is -2.41. The molecule has 2 aliphatic rings. The summed E-state index contributed by atoms with van der Waals surface area (Å²) >= 11 is 0. The molecule has 140 valence electrons. The van der Waals surface area contributed by atoms with Crippen LogP contribution in [0.25, 0.3) is 0 Å². The van der Waals surface area contributed by atoms with E-state index in [2.05, 4.69) is 0 Å². The summed E-state index contributed by atoms with van der Waals surface area (Å²) in [7, 11) is 18.2. The topological polar surface area (TPSA) is 78.9 Å². The van der Waals surface area contributed by atoms with Crippen LogP contribution in [-0.4, -0.2) is 117 Å². The number of rotatable bonds is 9. The molecule has 2 unspecified atom stereocenters. The Kier molecular flexibility index (Phi) is 8.16. The maximum atomic E-state index is 10.1. The summed E-state index contributed by atoms with van der Waals surface area (Å²) in [6.07, 6.45) is -2.41. The Balaban J connectivity index is 1.85. The van der Waals surface area contributed by atoms with Gasteiger partial charge in [0.1, 0.15) is 34.0 Å². The second-order valence-electron chi connectivity index (χ2n) is 6.39. The number of nitrogens with zero attached hydrogens (tertiary/aromatic N) is 1. The van der Waals surface area contributed by atoms with Gasteiger partial charge in [0.2, 0.25) is 0 Å². The van der Waals surface area contributed by atoms with E-state index >= 15 is 0 Å². The van der Waals surface area contributed by atoms with Crippen LogP contribution in [0.4, 0.5) is 0 Å². The van der Waals surface area contributed by atoms with Crippen LogP contribution in [0.5, 0.6) is 0 Å². The third-order valence-electron chi connectivity index (χ3n) is 4.73. The first-order valence-corrected chi connectivity index (χ1v) is 8.31. The molecule has 2 fully saturated rings. The minimum absolute atomic E-state index is 0.0200. The summed E-state index contributed by atoms with van der Waals surface area (Å²) in [6, 6.07) is -1.19. The molecule has 0 saturated carbocycles. The third kappa shape index (κ3) is 4.95. The van der Waals surface area contributed by atoms with Crippen molar-refractivity contribution in [1.82, 2.24) is 5.06 Å². The molecule has 2 rings (SSSR count). The van der Waals surface area contributed by atoms with Gasteiger partial charge >= 0.3 is 0 Å². The van der Waals surface area contributed by atoms with E-state index in [0.717, 1.165) is 0 Å². The highest BCUT2D eigenvalue weighted by atomic mass is 16.7. The van der Waals surface area contributed by atoms with Crippen molar-refractivity contribution in [3.05, 3.63) is 0 Å². The Bertz CT molecular complexity index is 408. The summed E-state index contributed by atoms with van der Waals surface area (Å²) in [6.45, 7) is 1.08. The molecule has 2 heterocycles. The molecule has 0 aromatic carbocycles. The molecule has 2 aliphatic heterocycles. The maximum absolute atomic E-state index is 10.1. The van der Waals surface area contributed by atoms with Gasteiger partial charge in [0.15, 0.2) is 0 Å². The fourth-order valence-electron chi connectivity index (χ4n) is 3.42. The van der Waals surface area contributed by atoms with Crippen LogP contribution in [0, 0.1) is 5.92 Å². The van der Waals surface area contributed by atoms with Crippen LogP contribution >= 0.6 is 0 Å². The first kappa shape index (κ1) is 21.1. The van der Waals surface area contributed by atoms with Crippen LogP contribution in [0.1, 0.15) is 0 Å². The molecular formula is C15H27B2NO7. The van der Waals surface area contributed by atoms with Crippen LogP contribution in [-0.2, 0) is 28.5 Å². The van der Waals surface area contributed by atoms with E-state index in [0.29, 0.717) is 13.2 Å². The van der Waals surface area contributed by atoms with Gasteiger partial charge in [-0.1, -0.05) is 0 Å². The Morgan fingerprint density at radius 2 is 1.56 bits per heavy atom. The second kappa shape index (κ2) is 9.66. The average Bonchev–Trinajstić information content (AvgIpc) is 3.01. The largest absolute Gasteiger partial charge is 0.388 e. The summed E-state index contributed by atoms with van der Waals surface area (Å²) in [5.74, 6) is -0.0200. The van der Waals surface area contributed by atoms with Gasteiger partial charge in [0, 0.05) is 52.8 Å². The lowest BCUT2D eigenvalue weighted by Gasteiger charge is -2.28. The summed E-state index contributed by atoms with van der Waals surface area (Å²) in [5, 5.41) is 11.8. The zero-order valence-electron chi connectivity index (χ0n) is 15.2. The van der Waals surface area contributed by atoms with Gasteiger partial charge in [0.05, 0.1) is 25.4 Å². The molecule has 0 amide bonds. The van der Waals surface area contributed by atoms with E-state index < -0.39 is 30.3 Å². The van der Waals surface area contributed by atoms with Gasteiger partial charge in [-0.2, -0.15) is 5.06 Å². The van der Waals surface area contributed by atoms with Crippen molar-refractivity contribution in [3.63, 3.8) is 0 Å². The first-order valence-electron chi connectivity index (χ1n) is 8.31. The number of ether oxygens (including phenoxy) is 5. The molecule has 0 spiro atoms. The van der Waals surface area contributed by atoms with E-state index in [4.69, 9.17) is 44.2 Å². The number of hydrogen-bond donors (Lipinski definition) is 1. The first-order chi connectivity index (χ1) is 11.9.